The van der Waals surface area contributed by atoms with Crippen molar-refractivity contribution in [2.75, 3.05) is 0 Å². The monoisotopic (exact) mass is 410 g/mol. The Bertz CT molecular complexity index is 456. The van der Waals surface area contributed by atoms with Gasteiger partial charge in [0.2, 0.25) is 0 Å². The molecule has 0 aromatic heterocycles. The number of hydrogen-bond donors (Lipinski definition) is 1. The maximum atomic E-state index is 11.4. The van der Waals surface area contributed by atoms with Crippen LogP contribution in [0.5, 0.6) is 0 Å². The summed E-state index contributed by atoms with van der Waals surface area (Å²) in [6.45, 7) is 2.26. The van der Waals surface area contributed by atoms with E-state index < -0.39 is 17.9 Å². The molecule has 0 saturated carbocycles. The first-order valence-electron chi connectivity index (χ1n) is 11.7. The van der Waals surface area contributed by atoms with Gasteiger partial charge in [0.25, 0.3) is 0 Å². The zero-order valence-corrected chi connectivity index (χ0v) is 18.5. The van der Waals surface area contributed by atoms with Gasteiger partial charge in [-0.25, -0.2) is 9.59 Å². The smallest absolute Gasteiger partial charge is 0.338 e. The second kappa shape index (κ2) is 21.1. The summed E-state index contributed by atoms with van der Waals surface area (Å²) in [5, 5.41) is 8.38. The summed E-state index contributed by atoms with van der Waals surface area (Å²) >= 11 is 0. The minimum atomic E-state index is -1.25. The van der Waals surface area contributed by atoms with E-state index in [1.54, 1.807) is 0 Å². The Kier molecular flexibility index (Phi) is 19.9. The minimum Gasteiger partial charge on any atom is -0.478 e. The number of carbonyl (C=O) groups is 3. The molecule has 0 aliphatic rings. The highest BCUT2D eigenvalue weighted by Crippen LogP contribution is 2.14. The molecule has 0 aromatic carbocycles. The van der Waals surface area contributed by atoms with Gasteiger partial charge in [0.05, 0.1) is 0 Å². The number of carbonyl (C=O) groups excluding carboxylic acids is 2. The molecular weight excluding hydrogens is 368 g/mol. The van der Waals surface area contributed by atoms with E-state index in [9.17, 15) is 14.4 Å². The van der Waals surface area contributed by atoms with Gasteiger partial charge in [-0.05, 0) is 6.42 Å². The van der Waals surface area contributed by atoms with Crippen molar-refractivity contribution in [2.24, 2.45) is 0 Å². The van der Waals surface area contributed by atoms with Crippen LogP contribution in [-0.4, -0.2) is 23.0 Å². The fourth-order valence-corrected chi connectivity index (χ4v) is 3.33. The lowest BCUT2D eigenvalue weighted by Gasteiger charge is -2.04. The lowest BCUT2D eigenvalue weighted by atomic mass is 10.0. The normalized spacial score (nSPS) is 11.1. The fourth-order valence-electron chi connectivity index (χ4n) is 3.33. The van der Waals surface area contributed by atoms with E-state index in [0.717, 1.165) is 18.9 Å². The van der Waals surface area contributed by atoms with E-state index in [2.05, 4.69) is 11.7 Å². The number of carboxylic acids is 1. The number of rotatable bonds is 20. The van der Waals surface area contributed by atoms with Crippen LogP contribution in [0.3, 0.4) is 0 Å². The Hall–Kier alpha value is -1.65. The molecule has 0 atom stereocenters. The van der Waals surface area contributed by atoms with E-state index in [4.69, 9.17) is 5.11 Å². The highest BCUT2D eigenvalue weighted by Gasteiger charge is 2.07. The van der Waals surface area contributed by atoms with Crippen LogP contribution in [0.25, 0.3) is 0 Å². The number of hydrogen-bond acceptors (Lipinski definition) is 4. The van der Waals surface area contributed by atoms with Gasteiger partial charge < -0.3 is 9.84 Å². The van der Waals surface area contributed by atoms with Crippen molar-refractivity contribution in [3.8, 4) is 0 Å². The van der Waals surface area contributed by atoms with Crippen molar-refractivity contribution in [1.82, 2.24) is 0 Å². The summed E-state index contributed by atoms with van der Waals surface area (Å²) in [6, 6.07) is 0. The molecule has 0 amide bonds. The number of esters is 2. The summed E-state index contributed by atoms with van der Waals surface area (Å²) in [5.74, 6) is -2.77. The van der Waals surface area contributed by atoms with Crippen LogP contribution in [0.1, 0.15) is 122 Å². The third kappa shape index (κ3) is 22.5. The Balaban J connectivity index is 3.26. The topological polar surface area (TPSA) is 80.7 Å². The van der Waals surface area contributed by atoms with Crippen LogP contribution in [0.2, 0.25) is 0 Å². The number of unbranched alkanes of at least 4 members (excludes halogenated alkanes) is 16. The molecule has 0 saturated heterocycles. The minimum absolute atomic E-state index is 0.200. The average molecular weight is 411 g/mol. The molecule has 5 heteroatoms. The van der Waals surface area contributed by atoms with Gasteiger partial charge >= 0.3 is 17.9 Å². The van der Waals surface area contributed by atoms with Crippen LogP contribution in [0.15, 0.2) is 12.2 Å². The van der Waals surface area contributed by atoms with Crippen molar-refractivity contribution in [3.63, 3.8) is 0 Å². The van der Waals surface area contributed by atoms with Crippen LogP contribution in [-0.2, 0) is 19.1 Å². The Morgan fingerprint density at radius 3 is 1.38 bits per heavy atom. The SMILES string of the molecule is CCCCCCCCCCCCCCCCCCCC(=O)OC(=O)/C=C\C(=O)O. The van der Waals surface area contributed by atoms with Crippen molar-refractivity contribution in [3.05, 3.63) is 12.2 Å². The molecule has 0 unspecified atom stereocenters. The van der Waals surface area contributed by atoms with E-state index >= 15 is 0 Å². The zero-order valence-electron chi connectivity index (χ0n) is 18.5. The van der Waals surface area contributed by atoms with Gasteiger partial charge in [-0.15, -0.1) is 0 Å². The summed E-state index contributed by atoms with van der Waals surface area (Å²) in [5.41, 5.74) is 0. The summed E-state index contributed by atoms with van der Waals surface area (Å²) < 4.78 is 4.50. The molecular formula is C24H42O5. The number of ether oxygens (including phenoxy) is 1. The predicted octanol–water partition coefficient (Wildman–Crippen LogP) is 6.74. The third-order valence-electron chi connectivity index (χ3n) is 5.06. The highest BCUT2D eigenvalue weighted by molar-refractivity contribution is 5.95. The van der Waals surface area contributed by atoms with Crippen molar-refractivity contribution >= 4 is 17.9 Å². The van der Waals surface area contributed by atoms with E-state index in [1.165, 1.54) is 89.9 Å². The molecule has 0 heterocycles. The fraction of sp³-hybridized carbons (Fsp3) is 0.792. The molecule has 0 fully saturated rings. The molecule has 0 bridgehead atoms. The van der Waals surface area contributed by atoms with Gasteiger partial charge in [-0.2, -0.15) is 0 Å². The summed E-state index contributed by atoms with van der Waals surface area (Å²) in [7, 11) is 0. The standard InChI is InChI=1S/C24H42O5/c1-2-3-4-5-6-7-8-9-10-11-12-13-14-15-16-17-18-19-23(27)29-24(28)21-20-22(25)26/h20-21H,2-19H2,1H3,(H,25,26)/b21-20-. The quantitative estimate of drug-likeness (QED) is 0.104. The first-order chi connectivity index (χ1) is 14.1. The van der Waals surface area contributed by atoms with E-state index in [-0.39, 0.29) is 6.42 Å². The molecule has 1 N–H and O–H groups in total. The van der Waals surface area contributed by atoms with Gasteiger partial charge in [0.15, 0.2) is 0 Å². The van der Waals surface area contributed by atoms with E-state index in [0.29, 0.717) is 12.5 Å². The van der Waals surface area contributed by atoms with Crippen molar-refractivity contribution in [2.45, 2.75) is 122 Å². The molecule has 0 radical (unpaired) electrons. The molecule has 0 aliphatic carbocycles. The summed E-state index contributed by atoms with van der Waals surface area (Å²) in [4.78, 5) is 32.8. The predicted molar refractivity (Wildman–Crippen MR) is 117 cm³/mol. The Morgan fingerprint density at radius 1 is 0.621 bits per heavy atom. The molecule has 0 aromatic rings. The molecule has 0 spiro atoms. The van der Waals surface area contributed by atoms with Crippen LogP contribution >= 0.6 is 0 Å². The molecule has 5 nitrogen and oxygen atoms in total. The average Bonchev–Trinajstić information content (AvgIpc) is 2.68. The largest absolute Gasteiger partial charge is 0.478 e. The lowest BCUT2D eigenvalue weighted by Crippen LogP contribution is -2.10. The van der Waals surface area contributed by atoms with Crippen LogP contribution in [0, 0.1) is 0 Å². The maximum absolute atomic E-state index is 11.4. The number of carboxylic acid groups (broad SMARTS) is 1. The molecule has 29 heavy (non-hydrogen) atoms. The van der Waals surface area contributed by atoms with Crippen LogP contribution in [0.4, 0.5) is 0 Å². The Labute approximate surface area is 177 Å². The van der Waals surface area contributed by atoms with Gasteiger partial charge in [-0.3, -0.25) is 4.79 Å². The second-order valence-corrected chi connectivity index (χ2v) is 7.87. The zero-order chi connectivity index (χ0) is 21.6. The summed E-state index contributed by atoms with van der Waals surface area (Å²) in [6.07, 6.45) is 23.3. The molecule has 0 rings (SSSR count). The first kappa shape index (κ1) is 27.4. The lowest BCUT2D eigenvalue weighted by molar-refractivity contribution is -0.156. The van der Waals surface area contributed by atoms with Gasteiger partial charge in [0, 0.05) is 18.6 Å². The van der Waals surface area contributed by atoms with Gasteiger partial charge in [0.1, 0.15) is 0 Å². The maximum Gasteiger partial charge on any atom is 0.338 e. The second-order valence-electron chi connectivity index (χ2n) is 7.87. The Morgan fingerprint density at radius 2 is 1.00 bits per heavy atom. The number of aliphatic carboxylic acids is 1. The van der Waals surface area contributed by atoms with Gasteiger partial charge in [-0.1, -0.05) is 110 Å². The van der Waals surface area contributed by atoms with Crippen molar-refractivity contribution in [1.29, 1.82) is 0 Å². The van der Waals surface area contributed by atoms with Crippen LogP contribution < -0.4 is 0 Å². The third-order valence-corrected chi connectivity index (χ3v) is 5.06. The molecule has 168 valence electrons. The van der Waals surface area contributed by atoms with Crippen molar-refractivity contribution < 1.29 is 24.2 Å². The highest BCUT2D eigenvalue weighted by atomic mass is 16.6. The van der Waals surface area contributed by atoms with E-state index in [1.807, 2.05) is 0 Å². The molecule has 0 aliphatic heterocycles. The first-order valence-corrected chi connectivity index (χ1v) is 11.7.